The van der Waals surface area contributed by atoms with Crippen molar-refractivity contribution in [2.45, 2.75) is 123 Å². The first kappa shape index (κ1) is 33.6. The van der Waals surface area contributed by atoms with Crippen LogP contribution in [-0.4, -0.2) is 48.0 Å². The van der Waals surface area contributed by atoms with E-state index in [1.54, 1.807) is 0 Å². The Hall–Kier alpha value is -0.390. The molecule has 1 aromatic rings. The number of benzene rings is 1. The van der Waals surface area contributed by atoms with Gasteiger partial charge in [-0.3, -0.25) is 4.79 Å². The second-order valence-electron chi connectivity index (χ2n) is 11.0. The van der Waals surface area contributed by atoms with E-state index in [1.165, 1.54) is 95.5 Å². The standard InChI is InChI=1S/C31H54BrN2O.BrH/c1-3-5-6-7-8-9-10-11-12-13-14-15-16-17-18-19-31(35)33-24-26-34(4-2,27-25-33)28-29-20-22-30(32)23-21-29;/h20-23H,3-19,24-28H2,1-2H3;1H/q+1;/p-1. The van der Waals surface area contributed by atoms with Crippen LogP contribution in [0.2, 0.25) is 0 Å². The van der Waals surface area contributed by atoms with Gasteiger partial charge in [0, 0.05) is 16.5 Å². The summed E-state index contributed by atoms with van der Waals surface area (Å²) in [4.78, 5) is 14.9. The van der Waals surface area contributed by atoms with E-state index in [4.69, 9.17) is 0 Å². The smallest absolute Gasteiger partial charge is 0.222 e. The summed E-state index contributed by atoms with van der Waals surface area (Å²) in [6.07, 6.45) is 21.3. The Balaban J connectivity index is 0.00000648. The van der Waals surface area contributed by atoms with Gasteiger partial charge < -0.3 is 26.4 Å². The molecule has 1 aromatic carbocycles. The summed E-state index contributed by atoms with van der Waals surface area (Å²) in [6.45, 7) is 10.8. The number of nitrogens with zero attached hydrogens (tertiary/aromatic N) is 2. The van der Waals surface area contributed by atoms with Gasteiger partial charge in [0.05, 0.1) is 32.7 Å². The van der Waals surface area contributed by atoms with Gasteiger partial charge in [0.25, 0.3) is 0 Å². The zero-order valence-corrected chi connectivity index (χ0v) is 26.6. The topological polar surface area (TPSA) is 20.3 Å². The number of unbranched alkanes of at least 4 members (excludes halogenated alkanes) is 14. The number of carbonyl (C=O) groups excluding carboxylic acids is 1. The van der Waals surface area contributed by atoms with Gasteiger partial charge in [0.15, 0.2) is 0 Å². The lowest BCUT2D eigenvalue weighted by atomic mass is 10.0. The summed E-state index contributed by atoms with van der Waals surface area (Å²) in [6, 6.07) is 8.73. The predicted octanol–water partition coefficient (Wildman–Crippen LogP) is 5.89. The maximum atomic E-state index is 12.7. The minimum absolute atomic E-state index is 0. The number of piperazine rings is 1. The van der Waals surface area contributed by atoms with E-state index in [1.807, 2.05) is 0 Å². The van der Waals surface area contributed by atoms with Gasteiger partial charge in [-0.05, 0) is 25.5 Å². The Morgan fingerprint density at radius 1 is 0.750 bits per heavy atom. The minimum atomic E-state index is 0. The van der Waals surface area contributed by atoms with Crippen LogP contribution in [0.5, 0.6) is 0 Å². The maximum absolute atomic E-state index is 12.7. The number of amides is 1. The molecule has 0 N–H and O–H groups in total. The predicted molar refractivity (Wildman–Crippen MR) is 155 cm³/mol. The highest BCUT2D eigenvalue weighted by Crippen LogP contribution is 2.21. The zero-order valence-electron chi connectivity index (χ0n) is 23.4. The average molecular weight is 631 g/mol. The Morgan fingerprint density at radius 2 is 1.19 bits per heavy atom. The van der Waals surface area contributed by atoms with Crippen LogP contribution in [0.3, 0.4) is 0 Å². The monoisotopic (exact) mass is 628 g/mol. The van der Waals surface area contributed by atoms with Crippen LogP contribution in [0.25, 0.3) is 0 Å². The summed E-state index contributed by atoms with van der Waals surface area (Å²) >= 11 is 3.53. The molecule has 1 aliphatic rings. The normalized spacial score (nSPS) is 15.0. The van der Waals surface area contributed by atoms with Gasteiger partial charge in [0.1, 0.15) is 6.54 Å². The van der Waals surface area contributed by atoms with Crippen LogP contribution in [0.15, 0.2) is 28.7 Å². The third kappa shape index (κ3) is 14.0. The molecule has 5 heteroatoms. The SMILES string of the molecule is CCCCCCCCCCCCCCCCCC(=O)N1CC[N+](CC)(Cc2ccc(Br)cc2)CC1.[Br-]. The van der Waals surface area contributed by atoms with Crippen molar-refractivity contribution < 1.29 is 26.3 Å². The van der Waals surface area contributed by atoms with Crippen molar-refractivity contribution in [1.29, 1.82) is 0 Å². The fraction of sp³-hybridized carbons (Fsp3) is 0.774. The highest BCUT2D eigenvalue weighted by atomic mass is 79.9. The van der Waals surface area contributed by atoms with Gasteiger partial charge in [-0.25, -0.2) is 0 Å². The summed E-state index contributed by atoms with van der Waals surface area (Å²) in [5.41, 5.74) is 1.40. The van der Waals surface area contributed by atoms with Crippen molar-refractivity contribution in [1.82, 2.24) is 4.90 Å². The van der Waals surface area contributed by atoms with Crippen molar-refractivity contribution in [2.24, 2.45) is 0 Å². The fourth-order valence-electron chi connectivity index (χ4n) is 5.51. The summed E-state index contributed by atoms with van der Waals surface area (Å²) in [7, 11) is 0. The lowest BCUT2D eigenvalue weighted by molar-refractivity contribution is -0.942. The lowest BCUT2D eigenvalue weighted by Gasteiger charge is -2.44. The molecule has 0 aromatic heterocycles. The van der Waals surface area contributed by atoms with Crippen molar-refractivity contribution in [2.75, 3.05) is 32.7 Å². The summed E-state index contributed by atoms with van der Waals surface area (Å²) < 4.78 is 2.24. The first-order valence-electron chi connectivity index (χ1n) is 15.0. The highest BCUT2D eigenvalue weighted by molar-refractivity contribution is 9.10. The van der Waals surface area contributed by atoms with E-state index in [0.29, 0.717) is 5.91 Å². The molecule has 0 saturated carbocycles. The van der Waals surface area contributed by atoms with Crippen LogP contribution >= 0.6 is 15.9 Å². The third-order valence-electron chi connectivity index (χ3n) is 8.14. The molecule has 1 amide bonds. The number of hydrogen-bond acceptors (Lipinski definition) is 1. The molecule has 1 saturated heterocycles. The van der Waals surface area contributed by atoms with Gasteiger partial charge in [-0.15, -0.1) is 0 Å². The molecule has 36 heavy (non-hydrogen) atoms. The van der Waals surface area contributed by atoms with Crippen LogP contribution in [0.4, 0.5) is 0 Å². The number of quaternary nitrogens is 1. The van der Waals surface area contributed by atoms with E-state index in [0.717, 1.165) is 61.1 Å². The molecule has 2 rings (SSSR count). The Morgan fingerprint density at radius 3 is 1.64 bits per heavy atom. The van der Waals surface area contributed by atoms with Gasteiger partial charge in [-0.1, -0.05) is 125 Å². The molecule has 0 radical (unpaired) electrons. The van der Waals surface area contributed by atoms with Crippen molar-refractivity contribution in [3.63, 3.8) is 0 Å². The van der Waals surface area contributed by atoms with Crippen LogP contribution in [0, 0.1) is 0 Å². The third-order valence-corrected chi connectivity index (χ3v) is 8.67. The minimum Gasteiger partial charge on any atom is -1.00 e. The Labute approximate surface area is 242 Å². The second kappa shape index (κ2) is 20.6. The highest BCUT2D eigenvalue weighted by Gasteiger charge is 2.33. The molecule has 1 heterocycles. The van der Waals surface area contributed by atoms with Crippen LogP contribution in [0.1, 0.15) is 122 Å². The van der Waals surface area contributed by atoms with Crippen molar-refractivity contribution in [3.8, 4) is 0 Å². The van der Waals surface area contributed by atoms with Crippen LogP contribution in [-0.2, 0) is 11.3 Å². The average Bonchev–Trinajstić information content (AvgIpc) is 2.88. The van der Waals surface area contributed by atoms with E-state index in [2.05, 4.69) is 58.9 Å². The van der Waals surface area contributed by atoms with Gasteiger partial charge >= 0.3 is 0 Å². The zero-order chi connectivity index (χ0) is 25.2. The molecule has 3 nitrogen and oxygen atoms in total. The molecule has 0 spiro atoms. The van der Waals surface area contributed by atoms with Crippen molar-refractivity contribution in [3.05, 3.63) is 34.3 Å². The van der Waals surface area contributed by atoms with E-state index in [-0.39, 0.29) is 17.0 Å². The number of carbonyl (C=O) groups is 1. The lowest BCUT2D eigenvalue weighted by Crippen LogP contribution is -3.00. The molecular weight excluding hydrogens is 576 g/mol. The number of halogens is 2. The first-order chi connectivity index (χ1) is 17.1. The summed E-state index contributed by atoms with van der Waals surface area (Å²) in [5, 5.41) is 0. The molecule has 1 fully saturated rings. The first-order valence-corrected chi connectivity index (χ1v) is 15.7. The van der Waals surface area contributed by atoms with Crippen LogP contribution < -0.4 is 17.0 Å². The fourth-order valence-corrected chi connectivity index (χ4v) is 5.77. The Kier molecular flexibility index (Phi) is 19.2. The molecule has 0 atom stereocenters. The molecule has 1 aliphatic heterocycles. The maximum Gasteiger partial charge on any atom is 0.222 e. The van der Waals surface area contributed by atoms with Gasteiger partial charge in [0.2, 0.25) is 5.91 Å². The van der Waals surface area contributed by atoms with E-state index in [9.17, 15) is 4.79 Å². The second-order valence-corrected chi connectivity index (χ2v) is 11.9. The molecule has 0 aliphatic carbocycles. The number of rotatable bonds is 19. The number of likely N-dealkylation sites (N-methyl/N-ethyl adjacent to an activating group) is 1. The molecular formula is C31H54Br2N2O. The van der Waals surface area contributed by atoms with Crippen molar-refractivity contribution >= 4 is 21.8 Å². The van der Waals surface area contributed by atoms with E-state index < -0.39 is 0 Å². The molecule has 0 bridgehead atoms. The summed E-state index contributed by atoms with van der Waals surface area (Å²) in [5.74, 6) is 0.386. The molecule has 208 valence electrons. The van der Waals surface area contributed by atoms with E-state index >= 15 is 0 Å². The molecule has 0 unspecified atom stereocenters. The van der Waals surface area contributed by atoms with Gasteiger partial charge in [-0.2, -0.15) is 0 Å². The quantitative estimate of drug-likeness (QED) is 0.138. The largest absolute Gasteiger partial charge is 1.00 e. The number of hydrogen-bond donors (Lipinski definition) is 0. The Bertz CT molecular complexity index is 672.